The summed E-state index contributed by atoms with van der Waals surface area (Å²) in [6.07, 6.45) is 5.39. The first-order chi connectivity index (χ1) is 7.83. The molecular weight excluding hydrogens is 210 g/mol. The number of nitrogens with two attached hydrogens (primary N) is 2. The third-order valence-corrected chi connectivity index (χ3v) is 0.815. The van der Waals surface area contributed by atoms with E-state index in [4.69, 9.17) is 11.1 Å². The molecule has 1 aromatic rings. The van der Waals surface area contributed by atoms with Crippen molar-refractivity contribution >= 4 is 12.7 Å². The maximum absolute atomic E-state index is 6.00. The number of hydrogen-bond donors (Lipinski definition) is 4. The Bertz CT molecular complexity index is 251. The summed E-state index contributed by atoms with van der Waals surface area (Å²) in [7, 11) is 0. The standard InChI is InChI=1S/C5H5N.2CH4N4/c1-2-4-6-5-3-1;2*2-4-1-5-3/h1-5H;2*1-2H,3H2. The molecule has 9 nitrogen and oxygen atoms in total. The molecule has 0 aromatic carbocycles. The molecule has 0 saturated heterocycles. The molecule has 9 heteroatoms. The highest BCUT2D eigenvalue weighted by molar-refractivity contribution is 5.53. The quantitative estimate of drug-likeness (QED) is 0.193. The molecule has 0 radical (unpaired) electrons. The van der Waals surface area contributed by atoms with Gasteiger partial charge in [-0.25, -0.2) is 11.1 Å². The number of nitrogens with one attached hydrogen (secondary N) is 2. The van der Waals surface area contributed by atoms with Gasteiger partial charge in [-0.2, -0.15) is 10.2 Å². The lowest BCUT2D eigenvalue weighted by atomic mass is 10.5. The van der Waals surface area contributed by atoms with Gasteiger partial charge in [-0.15, -0.1) is 10.2 Å². The van der Waals surface area contributed by atoms with E-state index in [1.807, 2.05) is 18.2 Å². The second-order valence-corrected chi connectivity index (χ2v) is 1.81. The Morgan fingerprint density at radius 1 is 0.875 bits per heavy atom. The van der Waals surface area contributed by atoms with E-state index in [9.17, 15) is 0 Å². The molecule has 0 fully saturated rings. The van der Waals surface area contributed by atoms with Crippen LogP contribution in [0, 0.1) is 11.1 Å². The van der Waals surface area contributed by atoms with Gasteiger partial charge in [0.1, 0.15) is 0 Å². The van der Waals surface area contributed by atoms with Crippen molar-refractivity contribution in [3.63, 3.8) is 0 Å². The number of rotatable bonds is 2. The van der Waals surface area contributed by atoms with E-state index in [0.717, 1.165) is 12.7 Å². The highest BCUT2D eigenvalue weighted by Gasteiger charge is 1.58. The van der Waals surface area contributed by atoms with Crippen molar-refractivity contribution in [1.82, 2.24) is 4.98 Å². The normalized spacial score (nSPS) is 8.50. The van der Waals surface area contributed by atoms with Crippen LogP contribution in [-0.4, -0.2) is 17.7 Å². The monoisotopic (exact) mass is 223 g/mol. The Labute approximate surface area is 92.3 Å². The molecular formula is C7H13N9. The molecule has 0 atom stereocenters. The number of hydrogen-bond acceptors (Lipinski definition) is 7. The number of nitrogens with zero attached hydrogens (tertiary/aromatic N) is 5. The molecule has 16 heavy (non-hydrogen) atoms. The molecule has 0 spiro atoms. The Morgan fingerprint density at radius 2 is 1.31 bits per heavy atom. The smallest absolute Gasteiger partial charge is 0.156 e. The molecule has 0 amide bonds. The Kier molecular flexibility index (Phi) is 17.9. The number of aromatic nitrogens is 1. The fourth-order valence-corrected chi connectivity index (χ4v) is 0.379. The second kappa shape index (κ2) is 18.2. The van der Waals surface area contributed by atoms with Gasteiger partial charge in [-0.1, -0.05) is 6.07 Å². The van der Waals surface area contributed by atoms with E-state index in [1.54, 1.807) is 12.4 Å². The van der Waals surface area contributed by atoms with Crippen LogP contribution in [0.25, 0.3) is 0 Å². The predicted octanol–water partition coefficient (Wildman–Crippen LogP) is 0.920. The predicted molar refractivity (Wildman–Crippen MR) is 59.9 cm³/mol. The Hall–Kier alpha value is -2.71. The lowest BCUT2D eigenvalue weighted by Gasteiger charge is -1.70. The van der Waals surface area contributed by atoms with Crippen molar-refractivity contribution in [1.29, 1.82) is 11.1 Å². The topological polar surface area (TPSA) is 162 Å². The molecule has 86 valence electrons. The fraction of sp³-hybridized carbons (Fsp3) is 0. The third kappa shape index (κ3) is 22.5. The van der Waals surface area contributed by atoms with Gasteiger partial charge in [0.05, 0.1) is 0 Å². The SMILES string of the molecule is N=NC=NN.N=NC=NN.c1ccncc1. The summed E-state index contributed by atoms with van der Waals surface area (Å²) >= 11 is 0. The molecule has 6 N–H and O–H groups in total. The lowest BCUT2D eigenvalue weighted by molar-refractivity contribution is 1.17. The van der Waals surface area contributed by atoms with Gasteiger partial charge in [-0.3, -0.25) is 4.98 Å². The van der Waals surface area contributed by atoms with Crippen LogP contribution < -0.4 is 11.7 Å². The van der Waals surface area contributed by atoms with Gasteiger partial charge >= 0.3 is 0 Å². The highest BCUT2D eigenvalue weighted by atomic mass is 15.2. The van der Waals surface area contributed by atoms with Crippen LogP contribution in [-0.2, 0) is 0 Å². The van der Waals surface area contributed by atoms with E-state index in [1.165, 1.54) is 0 Å². The van der Waals surface area contributed by atoms with Crippen molar-refractivity contribution in [2.75, 3.05) is 0 Å². The van der Waals surface area contributed by atoms with Gasteiger partial charge in [0, 0.05) is 12.4 Å². The van der Waals surface area contributed by atoms with Crippen molar-refractivity contribution < 1.29 is 0 Å². The first-order valence-electron chi connectivity index (χ1n) is 3.85. The Balaban J connectivity index is 0. The van der Waals surface area contributed by atoms with Crippen LogP contribution in [0.2, 0.25) is 0 Å². The summed E-state index contributed by atoms with van der Waals surface area (Å²) < 4.78 is 0. The average Bonchev–Trinajstić information content (AvgIpc) is 2.35. The molecule has 0 unspecified atom stereocenters. The first-order valence-corrected chi connectivity index (χ1v) is 3.85. The van der Waals surface area contributed by atoms with Crippen LogP contribution in [0.5, 0.6) is 0 Å². The Morgan fingerprint density at radius 3 is 1.38 bits per heavy atom. The van der Waals surface area contributed by atoms with Gasteiger partial charge in [0.2, 0.25) is 0 Å². The first kappa shape index (κ1) is 15.7. The summed E-state index contributed by atoms with van der Waals surface area (Å²) in [5, 5.41) is 11.1. The van der Waals surface area contributed by atoms with Crippen LogP contribution in [0.15, 0.2) is 51.0 Å². The maximum atomic E-state index is 6.00. The van der Waals surface area contributed by atoms with Gasteiger partial charge in [0.15, 0.2) is 12.7 Å². The van der Waals surface area contributed by atoms with Crippen molar-refractivity contribution in [3.05, 3.63) is 30.6 Å². The molecule has 1 aromatic heterocycles. The van der Waals surface area contributed by atoms with E-state index >= 15 is 0 Å². The fourth-order valence-electron chi connectivity index (χ4n) is 0.379. The summed E-state index contributed by atoms with van der Waals surface area (Å²) in [5.74, 6) is 8.99. The molecule has 0 aliphatic carbocycles. The van der Waals surface area contributed by atoms with Crippen molar-refractivity contribution in [3.8, 4) is 0 Å². The third-order valence-electron chi connectivity index (χ3n) is 0.815. The molecule has 0 saturated carbocycles. The van der Waals surface area contributed by atoms with Crippen LogP contribution >= 0.6 is 0 Å². The summed E-state index contributed by atoms with van der Waals surface area (Å²) in [6, 6.07) is 5.72. The molecule has 1 rings (SSSR count). The zero-order chi connectivity index (χ0) is 12.5. The number of hydrazone groups is 2. The van der Waals surface area contributed by atoms with Gasteiger partial charge < -0.3 is 11.7 Å². The number of pyridine rings is 1. The molecule has 0 aliphatic heterocycles. The van der Waals surface area contributed by atoms with Crippen LogP contribution in [0.4, 0.5) is 0 Å². The van der Waals surface area contributed by atoms with E-state index in [0.29, 0.717) is 0 Å². The van der Waals surface area contributed by atoms with E-state index in [-0.39, 0.29) is 0 Å². The summed E-state index contributed by atoms with van der Waals surface area (Å²) in [4.78, 5) is 3.78. The van der Waals surface area contributed by atoms with Crippen molar-refractivity contribution in [2.45, 2.75) is 0 Å². The minimum atomic E-state index is 0.944. The summed E-state index contributed by atoms with van der Waals surface area (Å²) in [6.45, 7) is 0. The second-order valence-electron chi connectivity index (χ2n) is 1.81. The average molecular weight is 223 g/mol. The van der Waals surface area contributed by atoms with Crippen molar-refractivity contribution in [2.24, 2.45) is 32.1 Å². The van der Waals surface area contributed by atoms with Crippen LogP contribution in [0.1, 0.15) is 0 Å². The van der Waals surface area contributed by atoms with Gasteiger partial charge in [-0.05, 0) is 12.1 Å². The van der Waals surface area contributed by atoms with Gasteiger partial charge in [0.25, 0.3) is 0 Å². The highest BCUT2D eigenvalue weighted by Crippen LogP contribution is 1.73. The minimum Gasteiger partial charge on any atom is -0.322 e. The maximum Gasteiger partial charge on any atom is 0.156 e. The van der Waals surface area contributed by atoms with E-state index in [2.05, 4.69) is 37.1 Å². The van der Waals surface area contributed by atoms with Crippen LogP contribution in [0.3, 0.4) is 0 Å². The lowest BCUT2D eigenvalue weighted by Crippen LogP contribution is -1.75. The largest absolute Gasteiger partial charge is 0.322 e. The molecule has 1 heterocycles. The summed E-state index contributed by atoms with van der Waals surface area (Å²) in [5.41, 5.74) is 12.0. The zero-order valence-corrected chi connectivity index (χ0v) is 8.43. The minimum absolute atomic E-state index is 0.944. The zero-order valence-electron chi connectivity index (χ0n) is 8.43. The van der Waals surface area contributed by atoms with E-state index < -0.39 is 0 Å². The molecule has 0 bridgehead atoms. The molecule has 0 aliphatic rings.